The molecule has 1 fully saturated rings. The summed E-state index contributed by atoms with van der Waals surface area (Å²) in [6.45, 7) is 2.08. The Bertz CT molecular complexity index is 393. The van der Waals surface area contributed by atoms with Crippen LogP contribution in [0, 0.1) is 11.7 Å². The summed E-state index contributed by atoms with van der Waals surface area (Å²) in [4.78, 5) is 7.74. The third-order valence-corrected chi connectivity index (χ3v) is 3.49. The number of aliphatic hydroxyl groups excluding tert-OH is 1. The zero-order chi connectivity index (χ0) is 13.0. The fourth-order valence-corrected chi connectivity index (χ4v) is 2.31. The highest BCUT2D eigenvalue weighted by atomic mass is 19.1. The van der Waals surface area contributed by atoms with Gasteiger partial charge < -0.3 is 9.84 Å². The van der Waals surface area contributed by atoms with Gasteiger partial charge in [0.1, 0.15) is 12.4 Å². The Balaban J connectivity index is 1.98. The van der Waals surface area contributed by atoms with Crippen LogP contribution in [0.25, 0.3) is 0 Å². The van der Waals surface area contributed by atoms with Crippen molar-refractivity contribution in [3.63, 3.8) is 0 Å². The number of aliphatic hydroxyl groups is 1. The van der Waals surface area contributed by atoms with Crippen molar-refractivity contribution in [2.45, 2.75) is 45.1 Å². The number of aromatic nitrogens is 2. The van der Waals surface area contributed by atoms with Gasteiger partial charge in [0.15, 0.2) is 0 Å². The quantitative estimate of drug-likeness (QED) is 0.894. The van der Waals surface area contributed by atoms with Gasteiger partial charge in [0.05, 0.1) is 5.69 Å². The summed E-state index contributed by atoms with van der Waals surface area (Å²) >= 11 is 0. The Morgan fingerprint density at radius 3 is 2.67 bits per heavy atom. The summed E-state index contributed by atoms with van der Waals surface area (Å²) in [6.07, 6.45) is 5.41. The first-order valence-electron chi connectivity index (χ1n) is 6.51. The molecule has 1 heterocycles. The van der Waals surface area contributed by atoms with Gasteiger partial charge in [-0.05, 0) is 38.0 Å². The predicted molar refractivity (Wildman–Crippen MR) is 64.8 cm³/mol. The normalized spacial score (nSPS) is 23.9. The summed E-state index contributed by atoms with van der Waals surface area (Å²) < 4.78 is 19.5. The van der Waals surface area contributed by atoms with Crippen molar-refractivity contribution in [3.8, 4) is 5.88 Å². The molecule has 1 aliphatic rings. The van der Waals surface area contributed by atoms with Crippen molar-refractivity contribution in [1.82, 2.24) is 9.97 Å². The highest BCUT2D eigenvalue weighted by molar-refractivity contribution is 5.17. The van der Waals surface area contributed by atoms with Gasteiger partial charge in [-0.2, -0.15) is 9.37 Å². The Kier molecular flexibility index (Phi) is 4.47. The Labute approximate surface area is 106 Å². The van der Waals surface area contributed by atoms with Crippen LogP contribution in [-0.2, 0) is 6.42 Å². The van der Waals surface area contributed by atoms with Gasteiger partial charge in [-0.25, -0.2) is 4.98 Å². The molecule has 0 amide bonds. The molecule has 0 unspecified atom stereocenters. The zero-order valence-corrected chi connectivity index (χ0v) is 10.6. The van der Waals surface area contributed by atoms with Crippen LogP contribution >= 0.6 is 0 Å². The van der Waals surface area contributed by atoms with E-state index < -0.39 is 5.82 Å². The second kappa shape index (κ2) is 6.09. The van der Waals surface area contributed by atoms with Crippen molar-refractivity contribution in [1.29, 1.82) is 0 Å². The maximum atomic E-state index is 13.9. The van der Waals surface area contributed by atoms with Gasteiger partial charge in [-0.1, -0.05) is 6.92 Å². The molecular formula is C13H19FN2O2. The van der Waals surface area contributed by atoms with Crippen LogP contribution in [0.2, 0.25) is 0 Å². The molecule has 4 nitrogen and oxygen atoms in total. The second-order valence-electron chi connectivity index (χ2n) is 4.74. The second-order valence-corrected chi connectivity index (χ2v) is 4.74. The Morgan fingerprint density at radius 2 is 2.06 bits per heavy atom. The van der Waals surface area contributed by atoms with E-state index in [0.717, 1.165) is 25.7 Å². The number of aryl methyl sites for hydroxylation is 1. The number of nitrogens with zero attached hydrogens (tertiary/aromatic N) is 2. The van der Waals surface area contributed by atoms with Crippen LogP contribution in [0.1, 0.15) is 38.3 Å². The van der Waals surface area contributed by atoms with Crippen LogP contribution in [0.4, 0.5) is 4.39 Å². The zero-order valence-electron chi connectivity index (χ0n) is 10.6. The smallest absolute Gasteiger partial charge is 0.254 e. The van der Waals surface area contributed by atoms with Gasteiger partial charge in [0, 0.05) is 6.61 Å². The maximum absolute atomic E-state index is 13.9. The predicted octanol–water partition coefficient (Wildman–Crippen LogP) is 2.11. The lowest BCUT2D eigenvalue weighted by Gasteiger charge is -2.27. The van der Waals surface area contributed by atoms with E-state index in [-0.39, 0.29) is 18.6 Å². The van der Waals surface area contributed by atoms with Crippen molar-refractivity contribution < 1.29 is 14.2 Å². The van der Waals surface area contributed by atoms with Crippen LogP contribution in [0.15, 0.2) is 6.33 Å². The third kappa shape index (κ3) is 2.96. The molecule has 0 saturated heterocycles. The maximum Gasteiger partial charge on any atom is 0.254 e. The van der Waals surface area contributed by atoms with E-state index in [2.05, 4.69) is 9.97 Å². The van der Waals surface area contributed by atoms with Crippen molar-refractivity contribution in [2.24, 2.45) is 5.92 Å². The highest BCUT2D eigenvalue weighted by Gasteiger charge is 2.23. The van der Waals surface area contributed by atoms with Crippen LogP contribution < -0.4 is 4.74 Å². The SMILES string of the molecule is CCc1ncnc(OC2CCC(CO)CC2)c1F. The van der Waals surface area contributed by atoms with E-state index in [1.54, 1.807) is 0 Å². The largest absolute Gasteiger partial charge is 0.472 e. The summed E-state index contributed by atoms with van der Waals surface area (Å²) in [6, 6.07) is 0. The topological polar surface area (TPSA) is 55.2 Å². The molecule has 0 bridgehead atoms. The third-order valence-electron chi connectivity index (χ3n) is 3.49. The molecule has 5 heteroatoms. The Morgan fingerprint density at radius 1 is 1.33 bits per heavy atom. The molecule has 0 aliphatic heterocycles. The van der Waals surface area contributed by atoms with Gasteiger partial charge in [-0.15, -0.1) is 0 Å². The van der Waals surface area contributed by atoms with E-state index in [9.17, 15) is 4.39 Å². The minimum absolute atomic E-state index is 0.00176. The number of rotatable bonds is 4. The summed E-state index contributed by atoms with van der Waals surface area (Å²) in [7, 11) is 0. The average Bonchev–Trinajstić information content (AvgIpc) is 2.42. The lowest BCUT2D eigenvalue weighted by molar-refractivity contribution is 0.0965. The van der Waals surface area contributed by atoms with Crippen LogP contribution in [0.5, 0.6) is 5.88 Å². The lowest BCUT2D eigenvalue weighted by Crippen LogP contribution is -2.26. The molecule has 1 aromatic rings. The van der Waals surface area contributed by atoms with Gasteiger partial charge in [-0.3, -0.25) is 0 Å². The molecule has 1 N–H and O–H groups in total. The molecule has 18 heavy (non-hydrogen) atoms. The van der Waals surface area contributed by atoms with Crippen molar-refractivity contribution >= 4 is 0 Å². The van der Waals surface area contributed by atoms with Gasteiger partial charge >= 0.3 is 0 Å². The van der Waals surface area contributed by atoms with E-state index in [1.807, 2.05) is 6.92 Å². The van der Waals surface area contributed by atoms with Crippen molar-refractivity contribution in [3.05, 3.63) is 17.8 Å². The van der Waals surface area contributed by atoms with Crippen LogP contribution in [-0.4, -0.2) is 27.8 Å². The minimum Gasteiger partial charge on any atom is -0.472 e. The number of halogens is 1. The Hall–Kier alpha value is -1.23. The molecule has 1 aliphatic carbocycles. The van der Waals surface area contributed by atoms with Gasteiger partial charge in [0.25, 0.3) is 5.88 Å². The van der Waals surface area contributed by atoms with Crippen molar-refractivity contribution in [2.75, 3.05) is 6.61 Å². The first kappa shape index (κ1) is 13.2. The van der Waals surface area contributed by atoms with Gasteiger partial charge in [0.2, 0.25) is 5.82 Å². The average molecular weight is 254 g/mol. The lowest BCUT2D eigenvalue weighted by atomic mass is 9.88. The van der Waals surface area contributed by atoms with Crippen LogP contribution in [0.3, 0.4) is 0 Å². The minimum atomic E-state index is -0.440. The van der Waals surface area contributed by atoms with E-state index >= 15 is 0 Å². The molecule has 0 atom stereocenters. The summed E-state index contributed by atoms with van der Waals surface area (Å²) in [5, 5.41) is 9.06. The molecule has 0 radical (unpaired) electrons. The molecule has 0 aromatic carbocycles. The monoisotopic (exact) mass is 254 g/mol. The summed E-state index contributed by atoms with van der Waals surface area (Å²) in [5.41, 5.74) is 0.393. The molecular weight excluding hydrogens is 235 g/mol. The fourth-order valence-electron chi connectivity index (χ4n) is 2.31. The molecule has 0 spiro atoms. The van der Waals surface area contributed by atoms with E-state index in [1.165, 1.54) is 6.33 Å². The first-order chi connectivity index (χ1) is 8.74. The fraction of sp³-hybridized carbons (Fsp3) is 0.692. The first-order valence-corrected chi connectivity index (χ1v) is 6.51. The number of ether oxygens (including phenoxy) is 1. The van der Waals surface area contributed by atoms with E-state index in [0.29, 0.717) is 18.0 Å². The molecule has 1 aromatic heterocycles. The number of hydrogen-bond donors (Lipinski definition) is 1. The summed E-state index contributed by atoms with van der Waals surface area (Å²) in [5.74, 6) is -0.00937. The number of hydrogen-bond acceptors (Lipinski definition) is 4. The van der Waals surface area contributed by atoms with E-state index in [4.69, 9.17) is 9.84 Å². The molecule has 100 valence electrons. The standard InChI is InChI=1S/C13H19FN2O2/c1-2-11-12(14)13(16-8-15-11)18-10-5-3-9(7-17)4-6-10/h8-10,17H,2-7H2,1H3. The molecule has 1 saturated carbocycles. The molecule has 2 rings (SSSR count). The highest BCUT2D eigenvalue weighted by Crippen LogP contribution is 2.27.